The van der Waals surface area contributed by atoms with Crippen LogP contribution in [0.5, 0.6) is 0 Å². The predicted molar refractivity (Wildman–Crippen MR) is 77.0 cm³/mol. The van der Waals surface area contributed by atoms with E-state index in [1.54, 1.807) is 0 Å². The minimum atomic E-state index is -4.31. The Bertz CT molecular complexity index is 496. The summed E-state index contributed by atoms with van der Waals surface area (Å²) in [4.78, 5) is 12.3. The number of hydrogen-bond donors (Lipinski definition) is 2. The number of hydrogen-bond acceptors (Lipinski definition) is 3. The first-order valence-corrected chi connectivity index (χ1v) is 7.56. The molecule has 3 nitrogen and oxygen atoms in total. The van der Waals surface area contributed by atoms with E-state index in [-0.39, 0.29) is 22.6 Å². The molecule has 1 aromatic rings. The second kappa shape index (κ2) is 6.27. The van der Waals surface area contributed by atoms with Gasteiger partial charge in [-0.3, -0.25) is 4.79 Å². The molecular weight excluding hydrogens is 301 g/mol. The Morgan fingerprint density at radius 2 is 1.71 bits per heavy atom. The number of amides is 1. The summed E-state index contributed by atoms with van der Waals surface area (Å²) in [5.74, 6) is -0.265. The van der Waals surface area contributed by atoms with Gasteiger partial charge in [-0.2, -0.15) is 13.2 Å². The van der Waals surface area contributed by atoms with Crippen molar-refractivity contribution in [3.05, 3.63) is 24.3 Å². The van der Waals surface area contributed by atoms with Crippen LogP contribution in [-0.4, -0.2) is 17.0 Å². The first-order valence-electron chi connectivity index (χ1n) is 6.75. The van der Waals surface area contributed by atoms with E-state index < -0.39 is 11.0 Å². The number of anilines is 1. The Morgan fingerprint density at radius 1 is 1.14 bits per heavy atom. The molecular formula is C14H17F3N2OS. The summed E-state index contributed by atoms with van der Waals surface area (Å²) in [5.41, 5.74) is 1.38. The molecule has 1 fully saturated rings. The van der Waals surface area contributed by atoms with E-state index in [1.165, 1.54) is 24.3 Å². The average Bonchev–Trinajstić information content (AvgIpc) is 2.40. The summed E-state index contributed by atoms with van der Waals surface area (Å²) in [6.07, 6.45) is 4.20. The second-order valence-electron chi connectivity index (χ2n) is 5.24. The highest BCUT2D eigenvalue weighted by Crippen LogP contribution is 2.37. The van der Waals surface area contributed by atoms with Crippen LogP contribution >= 0.6 is 11.8 Å². The zero-order valence-electron chi connectivity index (χ0n) is 11.4. The van der Waals surface area contributed by atoms with Gasteiger partial charge in [0.1, 0.15) is 0 Å². The van der Waals surface area contributed by atoms with E-state index in [0.29, 0.717) is 18.5 Å². The molecule has 1 aliphatic rings. The number of thioether (sulfide) groups is 1. The van der Waals surface area contributed by atoms with Crippen LogP contribution in [0, 0.1) is 0 Å². The molecule has 0 aliphatic heterocycles. The van der Waals surface area contributed by atoms with Crippen LogP contribution in [0.4, 0.5) is 18.9 Å². The lowest BCUT2D eigenvalue weighted by molar-refractivity contribution is -0.122. The largest absolute Gasteiger partial charge is 0.446 e. The van der Waals surface area contributed by atoms with Crippen LogP contribution in [0.25, 0.3) is 0 Å². The molecule has 21 heavy (non-hydrogen) atoms. The normalized spacial score (nSPS) is 18.3. The lowest BCUT2D eigenvalue weighted by Crippen LogP contribution is -2.52. The summed E-state index contributed by atoms with van der Waals surface area (Å²) >= 11 is -0.182. The Labute approximate surface area is 125 Å². The fourth-order valence-corrected chi connectivity index (χ4v) is 2.94. The lowest BCUT2D eigenvalue weighted by atomic mass is 9.82. The molecule has 0 unspecified atom stereocenters. The van der Waals surface area contributed by atoms with Crippen molar-refractivity contribution >= 4 is 23.4 Å². The van der Waals surface area contributed by atoms with Crippen LogP contribution in [0.3, 0.4) is 0 Å². The standard InChI is InChI=1S/C14H17F3N2OS/c15-14(16,17)21-11-6-4-10(5-7-11)19-12(20)13(18)8-2-1-3-9-13/h4-7H,1-3,8-9,18H2,(H,19,20). The third-order valence-corrected chi connectivity index (χ3v) is 4.28. The van der Waals surface area contributed by atoms with Gasteiger partial charge in [-0.1, -0.05) is 19.3 Å². The topological polar surface area (TPSA) is 55.1 Å². The Balaban J connectivity index is 1.98. The molecule has 0 heterocycles. The highest BCUT2D eigenvalue weighted by atomic mass is 32.2. The minimum absolute atomic E-state index is 0.0839. The second-order valence-corrected chi connectivity index (χ2v) is 6.38. The van der Waals surface area contributed by atoms with Crippen LogP contribution in [0.15, 0.2) is 29.2 Å². The molecule has 7 heteroatoms. The minimum Gasteiger partial charge on any atom is -0.324 e. The smallest absolute Gasteiger partial charge is 0.324 e. The van der Waals surface area contributed by atoms with Gasteiger partial charge in [-0.25, -0.2) is 0 Å². The predicted octanol–water partition coefficient (Wildman–Crippen LogP) is 3.90. The van der Waals surface area contributed by atoms with Crippen molar-refractivity contribution in [2.45, 2.75) is 48.0 Å². The van der Waals surface area contributed by atoms with Crippen molar-refractivity contribution < 1.29 is 18.0 Å². The number of alkyl halides is 3. The maximum atomic E-state index is 12.2. The molecule has 3 N–H and O–H groups in total. The van der Waals surface area contributed by atoms with E-state index >= 15 is 0 Å². The number of halogens is 3. The SMILES string of the molecule is NC1(C(=O)Nc2ccc(SC(F)(F)F)cc2)CCCCC1. The molecule has 0 radical (unpaired) electrons. The summed E-state index contributed by atoms with van der Waals surface area (Å²) in [7, 11) is 0. The molecule has 116 valence electrons. The Kier molecular flexibility index (Phi) is 4.83. The van der Waals surface area contributed by atoms with Crippen LogP contribution in [0.2, 0.25) is 0 Å². The van der Waals surface area contributed by atoms with E-state index in [2.05, 4.69) is 5.32 Å². The van der Waals surface area contributed by atoms with Gasteiger partial charge in [0.2, 0.25) is 5.91 Å². The quantitative estimate of drug-likeness (QED) is 0.831. The van der Waals surface area contributed by atoms with Gasteiger partial charge in [0, 0.05) is 10.6 Å². The molecule has 1 amide bonds. The number of nitrogens with two attached hydrogens (primary N) is 1. The average molecular weight is 318 g/mol. The van der Waals surface area contributed by atoms with Crippen molar-refractivity contribution in [2.24, 2.45) is 5.73 Å². The molecule has 1 aliphatic carbocycles. The van der Waals surface area contributed by atoms with Crippen LogP contribution in [0.1, 0.15) is 32.1 Å². The fourth-order valence-electron chi connectivity index (χ4n) is 2.41. The van der Waals surface area contributed by atoms with Gasteiger partial charge < -0.3 is 11.1 Å². The summed E-state index contributed by atoms with van der Waals surface area (Å²) < 4.78 is 36.7. The van der Waals surface area contributed by atoms with E-state index in [0.717, 1.165) is 19.3 Å². The van der Waals surface area contributed by atoms with Gasteiger partial charge in [0.15, 0.2) is 0 Å². The Hall–Kier alpha value is -1.21. The number of nitrogens with one attached hydrogen (secondary N) is 1. The van der Waals surface area contributed by atoms with Crippen LogP contribution in [-0.2, 0) is 4.79 Å². The molecule has 0 bridgehead atoms. The first-order chi connectivity index (χ1) is 9.78. The monoisotopic (exact) mass is 318 g/mol. The van der Waals surface area contributed by atoms with Crippen molar-refractivity contribution in [1.29, 1.82) is 0 Å². The molecule has 0 aromatic heterocycles. The van der Waals surface area contributed by atoms with Gasteiger partial charge in [0.05, 0.1) is 5.54 Å². The van der Waals surface area contributed by atoms with E-state index in [9.17, 15) is 18.0 Å². The molecule has 1 aromatic carbocycles. The molecule has 2 rings (SSSR count). The third-order valence-electron chi connectivity index (χ3n) is 3.54. The van der Waals surface area contributed by atoms with Crippen molar-refractivity contribution in [3.8, 4) is 0 Å². The third kappa shape index (κ3) is 4.64. The maximum Gasteiger partial charge on any atom is 0.446 e. The zero-order valence-corrected chi connectivity index (χ0v) is 12.2. The van der Waals surface area contributed by atoms with Gasteiger partial charge >= 0.3 is 5.51 Å². The molecule has 0 atom stereocenters. The summed E-state index contributed by atoms with van der Waals surface area (Å²) in [6, 6.07) is 5.58. The highest BCUT2D eigenvalue weighted by molar-refractivity contribution is 8.00. The van der Waals surface area contributed by atoms with Crippen molar-refractivity contribution in [2.75, 3.05) is 5.32 Å². The van der Waals surface area contributed by atoms with E-state index in [1.807, 2.05) is 0 Å². The molecule has 0 spiro atoms. The fraction of sp³-hybridized carbons (Fsp3) is 0.500. The van der Waals surface area contributed by atoms with Crippen molar-refractivity contribution in [1.82, 2.24) is 0 Å². The summed E-state index contributed by atoms with van der Waals surface area (Å²) in [5, 5.41) is 2.69. The first kappa shape index (κ1) is 16.2. The van der Waals surface area contributed by atoms with Gasteiger partial charge in [-0.05, 0) is 48.9 Å². The van der Waals surface area contributed by atoms with Gasteiger partial charge in [0.25, 0.3) is 0 Å². The van der Waals surface area contributed by atoms with Gasteiger partial charge in [-0.15, -0.1) is 0 Å². The maximum absolute atomic E-state index is 12.2. The molecule has 0 saturated heterocycles. The highest BCUT2D eigenvalue weighted by Gasteiger charge is 2.35. The number of carbonyl (C=O) groups excluding carboxylic acids is 1. The molecule has 1 saturated carbocycles. The Morgan fingerprint density at radius 3 is 2.24 bits per heavy atom. The van der Waals surface area contributed by atoms with E-state index in [4.69, 9.17) is 5.73 Å². The lowest BCUT2D eigenvalue weighted by Gasteiger charge is -2.31. The number of benzene rings is 1. The zero-order chi connectivity index (χ0) is 15.5. The number of rotatable bonds is 3. The van der Waals surface area contributed by atoms with Crippen LogP contribution < -0.4 is 11.1 Å². The number of carbonyl (C=O) groups is 1. The van der Waals surface area contributed by atoms with Crippen molar-refractivity contribution in [3.63, 3.8) is 0 Å². The summed E-state index contributed by atoms with van der Waals surface area (Å²) in [6.45, 7) is 0.